The van der Waals surface area contributed by atoms with E-state index in [4.69, 9.17) is 9.47 Å². The molecular formula is C14H12N8O4. The van der Waals surface area contributed by atoms with E-state index in [1.807, 2.05) is 0 Å². The summed E-state index contributed by atoms with van der Waals surface area (Å²) in [5, 5.41) is 18.3. The largest absolute Gasteiger partial charge is 0.493 e. The average molecular weight is 356 g/mol. The predicted octanol–water partition coefficient (Wildman–Crippen LogP) is -0.0416. The van der Waals surface area contributed by atoms with Gasteiger partial charge in [0.2, 0.25) is 0 Å². The quantitative estimate of drug-likeness (QED) is 0.460. The molecule has 0 bridgehead atoms. The first-order valence-electron chi connectivity index (χ1n) is 7.33. The van der Waals surface area contributed by atoms with Gasteiger partial charge in [-0.05, 0) is 11.3 Å². The van der Waals surface area contributed by atoms with Crippen molar-refractivity contribution in [2.45, 2.75) is 0 Å². The van der Waals surface area contributed by atoms with E-state index < -0.39 is 5.91 Å². The Bertz CT molecular complexity index is 1180. The molecule has 0 fully saturated rings. The van der Waals surface area contributed by atoms with Gasteiger partial charge in [-0.25, -0.2) is 9.50 Å². The molecular weight excluding hydrogens is 344 g/mol. The van der Waals surface area contributed by atoms with E-state index in [0.717, 1.165) is 0 Å². The monoisotopic (exact) mass is 356 g/mol. The molecule has 0 saturated carbocycles. The van der Waals surface area contributed by atoms with Crippen LogP contribution in [0.1, 0.15) is 10.5 Å². The van der Waals surface area contributed by atoms with Gasteiger partial charge >= 0.3 is 0 Å². The molecule has 0 saturated heterocycles. The van der Waals surface area contributed by atoms with E-state index >= 15 is 0 Å². The van der Waals surface area contributed by atoms with Gasteiger partial charge < -0.3 is 9.47 Å². The molecule has 0 unspecified atom stereocenters. The number of hydrogen-bond acceptors (Lipinski definition) is 8. The normalized spacial score (nSPS) is 11.0. The van der Waals surface area contributed by atoms with Gasteiger partial charge in [-0.3, -0.25) is 20.0 Å². The fourth-order valence-electron chi connectivity index (χ4n) is 2.52. The van der Waals surface area contributed by atoms with Crippen LogP contribution in [0, 0.1) is 0 Å². The molecule has 3 heterocycles. The maximum Gasteiger partial charge on any atom is 0.280 e. The van der Waals surface area contributed by atoms with Crippen LogP contribution in [0.15, 0.2) is 23.0 Å². The van der Waals surface area contributed by atoms with Crippen LogP contribution >= 0.6 is 0 Å². The summed E-state index contributed by atoms with van der Waals surface area (Å²) in [6.07, 6.45) is 0. The number of ether oxygens (including phenoxy) is 2. The number of carbonyl (C=O) groups excluding carboxylic acids is 1. The van der Waals surface area contributed by atoms with Crippen LogP contribution in [0.25, 0.3) is 16.6 Å². The molecule has 132 valence electrons. The minimum absolute atomic E-state index is 0.00796. The molecule has 4 rings (SSSR count). The van der Waals surface area contributed by atoms with Crippen molar-refractivity contribution < 1.29 is 14.3 Å². The Kier molecular flexibility index (Phi) is 3.49. The first-order chi connectivity index (χ1) is 12.6. The fraction of sp³-hybridized carbons (Fsp3) is 0.143. The van der Waals surface area contributed by atoms with E-state index in [1.54, 1.807) is 6.07 Å². The summed E-state index contributed by atoms with van der Waals surface area (Å²) in [7, 11) is 2.97. The van der Waals surface area contributed by atoms with Gasteiger partial charge in [-0.15, -0.1) is 5.10 Å². The Balaban J connectivity index is 1.85. The van der Waals surface area contributed by atoms with E-state index in [2.05, 4.69) is 36.0 Å². The lowest BCUT2D eigenvalue weighted by Crippen LogP contribution is -2.18. The van der Waals surface area contributed by atoms with Crippen molar-refractivity contribution in [3.63, 3.8) is 0 Å². The number of fused-ring (bicyclic) bond motifs is 2. The molecule has 1 amide bonds. The number of benzene rings is 1. The van der Waals surface area contributed by atoms with Gasteiger partial charge in [0.15, 0.2) is 17.1 Å². The summed E-state index contributed by atoms with van der Waals surface area (Å²) in [5.41, 5.74) is 0.406. The Hall–Kier alpha value is -3.96. The molecule has 0 atom stereocenters. The Morgan fingerprint density at radius 2 is 1.96 bits per heavy atom. The summed E-state index contributed by atoms with van der Waals surface area (Å²) in [4.78, 5) is 29.4. The zero-order chi connectivity index (χ0) is 18.3. The molecule has 12 heteroatoms. The summed E-state index contributed by atoms with van der Waals surface area (Å²) in [5.74, 6) is 0.312. The maximum absolute atomic E-state index is 12.7. The third-order valence-corrected chi connectivity index (χ3v) is 3.72. The third kappa shape index (κ3) is 2.40. The molecule has 12 nitrogen and oxygen atoms in total. The summed E-state index contributed by atoms with van der Waals surface area (Å²) in [6.45, 7) is 0. The topological polar surface area (TPSA) is 152 Å². The molecule has 0 aliphatic heterocycles. The number of nitrogens with one attached hydrogen (secondary N) is 3. The van der Waals surface area contributed by atoms with Crippen LogP contribution in [0.4, 0.5) is 5.95 Å². The molecule has 0 spiro atoms. The Labute approximate surface area is 144 Å². The number of aromatic nitrogens is 7. The van der Waals surface area contributed by atoms with Crippen molar-refractivity contribution in [3.8, 4) is 11.5 Å². The van der Waals surface area contributed by atoms with Crippen molar-refractivity contribution in [1.29, 1.82) is 0 Å². The number of aromatic amines is 2. The van der Waals surface area contributed by atoms with Crippen molar-refractivity contribution in [1.82, 2.24) is 35.2 Å². The number of rotatable bonds is 4. The van der Waals surface area contributed by atoms with Crippen LogP contribution in [-0.4, -0.2) is 55.3 Å². The first kappa shape index (κ1) is 15.6. The maximum atomic E-state index is 12.7. The SMILES string of the molecule is COc1cc2nc3cc(C(=O)Nc4nn[nH]n4)[nH]n3c(=O)c2cc1OC. The van der Waals surface area contributed by atoms with Gasteiger partial charge in [0.1, 0.15) is 5.69 Å². The minimum atomic E-state index is -0.546. The molecule has 1 aromatic carbocycles. The Morgan fingerprint density at radius 3 is 2.65 bits per heavy atom. The number of hydrogen-bond donors (Lipinski definition) is 3. The molecule has 4 aromatic rings. The summed E-state index contributed by atoms with van der Waals surface area (Å²) in [6, 6.07) is 4.57. The van der Waals surface area contributed by atoms with Gasteiger partial charge in [0, 0.05) is 12.1 Å². The lowest BCUT2D eigenvalue weighted by molar-refractivity contribution is 0.102. The van der Waals surface area contributed by atoms with Crippen LogP contribution in [0.3, 0.4) is 0 Å². The van der Waals surface area contributed by atoms with Crippen LogP contribution in [0.5, 0.6) is 11.5 Å². The highest BCUT2D eigenvalue weighted by Gasteiger charge is 2.16. The third-order valence-electron chi connectivity index (χ3n) is 3.72. The van der Waals surface area contributed by atoms with Crippen molar-refractivity contribution in [2.75, 3.05) is 19.5 Å². The second kappa shape index (κ2) is 5.84. The zero-order valence-electron chi connectivity index (χ0n) is 13.6. The second-order valence-corrected chi connectivity index (χ2v) is 5.19. The highest BCUT2D eigenvalue weighted by molar-refractivity contribution is 6.02. The smallest absolute Gasteiger partial charge is 0.280 e. The summed E-state index contributed by atoms with van der Waals surface area (Å²) < 4.78 is 11.6. The second-order valence-electron chi connectivity index (χ2n) is 5.19. The predicted molar refractivity (Wildman–Crippen MR) is 88.6 cm³/mol. The number of nitrogens with zero attached hydrogens (tertiary/aromatic N) is 5. The molecule has 26 heavy (non-hydrogen) atoms. The number of amides is 1. The fourth-order valence-corrected chi connectivity index (χ4v) is 2.52. The van der Waals surface area contributed by atoms with Crippen molar-refractivity contribution in [2.24, 2.45) is 0 Å². The lowest BCUT2D eigenvalue weighted by Gasteiger charge is -2.08. The number of methoxy groups -OCH3 is 2. The highest BCUT2D eigenvalue weighted by Crippen LogP contribution is 2.30. The number of H-pyrrole nitrogens is 2. The van der Waals surface area contributed by atoms with Crippen molar-refractivity contribution in [3.05, 3.63) is 34.2 Å². The van der Waals surface area contributed by atoms with Crippen LogP contribution < -0.4 is 20.3 Å². The summed E-state index contributed by atoms with van der Waals surface area (Å²) >= 11 is 0. The molecule has 0 aliphatic rings. The standard InChI is InChI=1S/C14H12N8O4/c1-25-9-3-6-7(4-10(9)26-2)15-11-5-8(19-22(11)13(6)24)12(23)16-14-17-20-21-18-14/h3-5,19H,1-2H3,(H2,16,17,18,20,21,23). The molecule has 0 radical (unpaired) electrons. The van der Waals surface area contributed by atoms with E-state index in [-0.39, 0.29) is 22.8 Å². The number of tetrazole rings is 1. The number of carbonyl (C=O) groups is 1. The van der Waals surface area contributed by atoms with E-state index in [1.165, 1.54) is 30.9 Å². The zero-order valence-corrected chi connectivity index (χ0v) is 13.6. The number of anilines is 1. The van der Waals surface area contributed by atoms with Gasteiger partial charge in [-0.1, -0.05) is 5.10 Å². The van der Waals surface area contributed by atoms with Crippen LogP contribution in [0.2, 0.25) is 0 Å². The lowest BCUT2D eigenvalue weighted by atomic mass is 10.2. The van der Waals surface area contributed by atoms with E-state index in [0.29, 0.717) is 22.4 Å². The van der Waals surface area contributed by atoms with Gasteiger partial charge in [-0.2, -0.15) is 5.21 Å². The minimum Gasteiger partial charge on any atom is -0.493 e. The highest BCUT2D eigenvalue weighted by atomic mass is 16.5. The first-order valence-corrected chi connectivity index (χ1v) is 7.33. The van der Waals surface area contributed by atoms with Crippen molar-refractivity contribution >= 4 is 28.4 Å². The van der Waals surface area contributed by atoms with Gasteiger partial charge in [0.05, 0.1) is 25.1 Å². The molecule has 3 aromatic heterocycles. The van der Waals surface area contributed by atoms with Gasteiger partial charge in [0.25, 0.3) is 17.4 Å². The van der Waals surface area contributed by atoms with E-state index in [9.17, 15) is 9.59 Å². The van der Waals surface area contributed by atoms with Crippen LogP contribution in [-0.2, 0) is 0 Å². The average Bonchev–Trinajstić information content (AvgIpc) is 3.30. The molecule has 3 N–H and O–H groups in total. The molecule has 0 aliphatic carbocycles. The Morgan fingerprint density at radius 1 is 1.19 bits per heavy atom.